The number of hydrogen-bond donors (Lipinski definition) is 1. The molecule has 0 aliphatic carbocycles. The molecule has 0 saturated heterocycles. The van der Waals surface area contributed by atoms with E-state index in [0.29, 0.717) is 19.7 Å². The number of methoxy groups -OCH3 is 1. The lowest BCUT2D eigenvalue weighted by molar-refractivity contribution is 0.154. The van der Waals surface area contributed by atoms with Crippen LogP contribution in [0.25, 0.3) is 10.9 Å². The Morgan fingerprint density at radius 1 is 1.14 bits per heavy atom. The summed E-state index contributed by atoms with van der Waals surface area (Å²) in [6.45, 7) is 6.59. The first-order chi connectivity index (χ1) is 17.1. The number of aryl methyl sites for hydroxylation is 1. The number of hydrogen-bond acceptors (Lipinski definition) is 6. The average molecular weight is 475 g/mol. The Morgan fingerprint density at radius 3 is 2.74 bits per heavy atom. The number of aromatic nitrogens is 5. The Hall–Kier alpha value is -3.36. The van der Waals surface area contributed by atoms with Gasteiger partial charge in [0.2, 0.25) is 0 Å². The average Bonchev–Trinajstić information content (AvgIpc) is 3.33. The molecule has 0 fully saturated rings. The number of tetrazole rings is 1. The molecular formula is C27H34N6O2. The Balaban J connectivity index is 1.69. The Bertz CT molecular complexity index is 1280. The Morgan fingerprint density at radius 2 is 1.97 bits per heavy atom. The van der Waals surface area contributed by atoms with Gasteiger partial charge in [-0.15, -0.1) is 5.10 Å². The monoisotopic (exact) mass is 474 g/mol. The Labute approximate surface area is 205 Å². The van der Waals surface area contributed by atoms with Gasteiger partial charge in [0.1, 0.15) is 0 Å². The molecule has 0 bridgehead atoms. The number of pyridine rings is 1. The summed E-state index contributed by atoms with van der Waals surface area (Å²) in [5, 5.41) is 13.6. The molecule has 0 spiro atoms. The van der Waals surface area contributed by atoms with Gasteiger partial charge in [0.05, 0.1) is 19.2 Å². The van der Waals surface area contributed by atoms with Crippen LogP contribution in [0, 0.1) is 6.92 Å². The molecule has 4 aromatic rings. The van der Waals surface area contributed by atoms with Gasteiger partial charge < -0.3 is 9.72 Å². The third kappa shape index (κ3) is 6.21. The maximum atomic E-state index is 13.1. The van der Waals surface area contributed by atoms with E-state index in [9.17, 15) is 4.79 Å². The summed E-state index contributed by atoms with van der Waals surface area (Å²) < 4.78 is 7.09. The van der Waals surface area contributed by atoms with E-state index in [1.807, 2.05) is 29.8 Å². The largest absolute Gasteiger partial charge is 0.383 e. The van der Waals surface area contributed by atoms with Crippen molar-refractivity contribution in [3.05, 3.63) is 87.5 Å². The molecule has 2 aromatic heterocycles. The number of benzene rings is 2. The molecular weight excluding hydrogens is 440 g/mol. The number of fused-ring (bicyclic) bond motifs is 1. The number of aromatic amines is 1. The highest BCUT2D eigenvalue weighted by atomic mass is 16.5. The molecule has 0 aliphatic heterocycles. The van der Waals surface area contributed by atoms with Gasteiger partial charge in [-0.1, -0.05) is 55.8 Å². The maximum absolute atomic E-state index is 13.1. The molecule has 1 atom stereocenters. The smallest absolute Gasteiger partial charge is 0.252 e. The third-order valence-corrected chi connectivity index (χ3v) is 6.35. The third-order valence-electron chi connectivity index (χ3n) is 6.35. The second-order valence-corrected chi connectivity index (χ2v) is 8.98. The highest BCUT2D eigenvalue weighted by Gasteiger charge is 2.26. The van der Waals surface area contributed by atoms with Crippen molar-refractivity contribution >= 4 is 10.9 Å². The number of nitrogens with one attached hydrogen (secondary N) is 1. The zero-order valence-electron chi connectivity index (χ0n) is 20.8. The minimum atomic E-state index is -0.0537. The summed E-state index contributed by atoms with van der Waals surface area (Å²) in [5.41, 5.74) is 3.93. The van der Waals surface area contributed by atoms with Crippen LogP contribution < -0.4 is 5.56 Å². The van der Waals surface area contributed by atoms with E-state index in [0.717, 1.165) is 53.7 Å². The zero-order chi connectivity index (χ0) is 24.6. The standard InChI is InChI=1S/C27H34N6O2/c1-4-8-25(26-29-30-31-33(26)15-16-35-3)32(14-13-21-9-6-5-7-10-21)19-23-18-22-12-11-20(2)17-24(22)28-27(23)34/h5-7,9-12,17-18,25H,4,8,13-16,19H2,1-3H3,(H,28,34)/t25-/m1/s1. The van der Waals surface area contributed by atoms with E-state index in [2.05, 4.69) is 68.7 Å². The van der Waals surface area contributed by atoms with Crippen LogP contribution in [0.2, 0.25) is 0 Å². The van der Waals surface area contributed by atoms with Crippen molar-refractivity contribution in [2.75, 3.05) is 20.3 Å². The van der Waals surface area contributed by atoms with Crippen LogP contribution in [0.15, 0.2) is 59.4 Å². The van der Waals surface area contributed by atoms with Gasteiger partial charge in [-0.2, -0.15) is 0 Å². The van der Waals surface area contributed by atoms with Crippen LogP contribution in [0.1, 0.15) is 48.3 Å². The molecule has 184 valence electrons. The second-order valence-electron chi connectivity index (χ2n) is 8.98. The molecule has 2 heterocycles. The molecule has 1 N–H and O–H groups in total. The second kappa shape index (κ2) is 11.9. The van der Waals surface area contributed by atoms with Gasteiger partial charge in [0.15, 0.2) is 5.82 Å². The van der Waals surface area contributed by atoms with E-state index in [1.54, 1.807) is 7.11 Å². The maximum Gasteiger partial charge on any atom is 0.252 e. The summed E-state index contributed by atoms with van der Waals surface area (Å²) in [4.78, 5) is 18.5. The van der Waals surface area contributed by atoms with Crippen molar-refractivity contribution in [1.82, 2.24) is 30.1 Å². The van der Waals surface area contributed by atoms with Gasteiger partial charge in [-0.05, 0) is 58.8 Å². The fourth-order valence-corrected chi connectivity index (χ4v) is 4.49. The topological polar surface area (TPSA) is 88.9 Å². The first kappa shape index (κ1) is 24.8. The minimum Gasteiger partial charge on any atom is -0.383 e. The van der Waals surface area contributed by atoms with Gasteiger partial charge in [0, 0.05) is 31.3 Å². The van der Waals surface area contributed by atoms with Crippen LogP contribution in [-0.2, 0) is 24.2 Å². The highest BCUT2D eigenvalue weighted by Crippen LogP contribution is 2.26. The van der Waals surface area contributed by atoms with E-state index in [-0.39, 0.29) is 11.6 Å². The molecule has 0 unspecified atom stereocenters. The number of nitrogens with zero attached hydrogens (tertiary/aromatic N) is 5. The predicted molar refractivity (Wildman–Crippen MR) is 137 cm³/mol. The molecule has 8 heteroatoms. The molecule has 2 aromatic carbocycles. The van der Waals surface area contributed by atoms with E-state index >= 15 is 0 Å². The minimum absolute atomic E-state index is 0.0244. The van der Waals surface area contributed by atoms with Crippen molar-refractivity contribution in [3.63, 3.8) is 0 Å². The molecule has 0 aliphatic rings. The molecule has 0 saturated carbocycles. The van der Waals surface area contributed by atoms with Gasteiger partial charge in [-0.3, -0.25) is 9.69 Å². The summed E-state index contributed by atoms with van der Waals surface area (Å²) in [6, 6.07) is 18.6. The van der Waals surface area contributed by atoms with Crippen molar-refractivity contribution in [2.45, 2.75) is 52.2 Å². The fourth-order valence-electron chi connectivity index (χ4n) is 4.49. The van der Waals surface area contributed by atoms with Crippen molar-refractivity contribution in [1.29, 1.82) is 0 Å². The summed E-state index contributed by atoms with van der Waals surface area (Å²) in [6.07, 6.45) is 2.72. The van der Waals surface area contributed by atoms with Crippen LogP contribution in [-0.4, -0.2) is 50.4 Å². The van der Waals surface area contributed by atoms with Crippen molar-refractivity contribution < 1.29 is 4.74 Å². The number of H-pyrrole nitrogens is 1. The first-order valence-electron chi connectivity index (χ1n) is 12.2. The fraction of sp³-hybridized carbons (Fsp3) is 0.407. The van der Waals surface area contributed by atoms with Crippen LogP contribution >= 0.6 is 0 Å². The van der Waals surface area contributed by atoms with Crippen LogP contribution in [0.3, 0.4) is 0 Å². The first-order valence-corrected chi connectivity index (χ1v) is 12.2. The quantitative estimate of drug-likeness (QED) is 0.333. The lowest BCUT2D eigenvalue weighted by Gasteiger charge is -2.31. The van der Waals surface area contributed by atoms with E-state index in [1.165, 1.54) is 5.56 Å². The summed E-state index contributed by atoms with van der Waals surface area (Å²) >= 11 is 0. The van der Waals surface area contributed by atoms with Crippen molar-refractivity contribution in [3.8, 4) is 0 Å². The number of ether oxygens (including phenoxy) is 1. The molecule has 4 rings (SSSR count). The van der Waals surface area contributed by atoms with Gasteiger partial charge >= 0.3 is 0 Å². The normalized spacial score (nSPS) is 12.5. The predicted octanol–water partition coefficient (Wildman–Crippen LogP) is 4.06. The summed E-state index contributed by atoms with van der Waals surface area (Å²) in [5.74, 6) is 0.810. The molecule has 0 amide bonds. The highest BCUT2D eigenvalue weighted by molar-refractivity contribution is 5.79. The zero-order valence-corrected chi connectivity index (χ0v) is 20.8. The van der Waals surface area contributed by atoms with Gasteiger partial charge in [0.25, 0.3) is 5.56 Å². The molecule has 8 nitrogen and oxygen atoms in total. The molecule has 0 radical (unpaired) electrons. The van der Waals surface area contributed by atoms with Crippen LogP contribution in [0.5, 0.6) is 0 Å². The summed E-state index contributed by atoms with van der Waals surface area (Å²) in [7, 11) is 1.67. The lowest BCUT2D eigenvalue weighted by atomic mass is 10.0. The van der Waals surface area contributed by atoms with Gasteiger partial charge in [-0.25, -0.2) is 4.68 Å². The van der Waals surface area contributed by atoms with E-state index in [4.69, 9.17) is 4.74 Å². The molecule has 35 heavy (non-hydrogen) atoms. The SMILES string of the molecule is CCC[C@H](c1nnnn1CCOC)N(CCc1ccccc1)Cc1cc2ccc(C)cc2[nH]c1=O. The lowest BCUT2D eigenvalue weighted by Crippen LogP contribution is -2.34. The number of rotatable bonds is 12. The van der Waals surface area contributed by atoms with E-state index < -0.39 is 0 Å². The van der Waals surface area contributed by atoms with Crippen molar-refractivity contribution in [2.24, 2.45) is 0 Å². The van der Waals surface area contributed by atoms with Crippen LogP contribution in [0.4, 0.5) is 0 Å². The Kier molecular flexibility index (Phi) is 8.39.